The van der Waals surface area contributed by atoms with Gasteiger partial charge >= 0.3 is 5.97 Å². The van der Waals surface area contributed by atoms with Crippen molar-refractivity contribution in [3.63, 3.8) is 0 Å². The van der Waals surface area contributed by atoms with Crippen LogP contribution >= 0.6 is 0 Å². The van der Waals surface area contributed by atoms with E-state index >= 15 is 0 Å². The summed E-state index contributed by atoms with van der Waals surface area (Å²) in [4.78, 5) is 14.1. The van der Waals surface area contributed by atoms with Crippen molar-refractivity contribution in [3.8, 4) is 6.07 Å². The predicted octanol–water partition coefficient (Wildman–Crippen LogP) is 1.93. The molecule has 0 saturated heterocycles. The molecule has 0 aliphatic heterocycles. The number of hydrogen-bond donors (Lipinski definition) is 1. The van der Waals surface area contributed by atoms with E-state index in [0.717, 1.165) is 24.9 Å². The molecule has 0 aromatic heterocycles. The highest BCUT2D eigenvalue weighted by molar-refractivity contribution is 5.96. The lowest BCUT2D eigenvalue weighted by molar-refractivity contribution is 0.0599. The van der Waals surface area contributed by atoms with E-state index in [1.54, 1.807) is 6.07 Å². The third-order valence-electron chi connectivity index (χ3n) is 3.52. The monoisotopic (exact) mass is 273 g/mol. The Morgan fingerprint density at radius 3 is 2.90 bits per heavy atom. The maximum absolute atomic E-state index is 11.9. The fraction of sp³-hybridized carbons (Fsp3) is 0.467. The third-order valence-corrected chi connectivity index (χ3v) is 3.52. The van der Waals surface area contributed by atoms with Crippen LogP contribution in [0.15, 0.2) is 18.2 Å². The van der Waals surface area contributed by atoms with Crippen molar-refractivity contribution in [1.29, 1.82) is 5.26 Å². The topological polar surface area (TPSA) is 79.3 Å². The molecule has 0 radical (unpaired) electrons. The lowest BCUT2D eigenvalue weighted by Crippen LogP contribution is -2.27. The van der Waals surface area contributed by atoms with Crippen LogP contribution in [0.25, 0.3) is 0 Å². The summed E-state index contributed by atoms with van der Waals surface area (Å²) in [5, 5.41) is 8.74. The fourth-order valence-electron chi connectivity index (χ4n) is 2.35. The van der Waals surface area contributed by atoms with E-state index in [1.165, 1.54) is 7.11 Å². The van der Waals surface area contributed by atoms with Gasteiger partial charge in [-0.25, -0.2) is 4.79 Å². The van der Waals surface area contributed by atoms with E-state index in [1.807, 2.05) is 12.1 Å². The van der Waals surface area contributed by atoms with E-state index in [4.69, 9.17) is 15.7 Å². The van der Waals surface area contributed by atoms with E-state index in [0.29, 0.717) is 30.3 Å². The first-order chi connectivity index (χ1) is 9.67. The molecule has 1 saturated carbocycles. The minimum absolute atomic E-state index is 0.408. The molecule has 1 fully saturated rings. The molecule has 1 aliphatic rings. The summed E-state index contributed by atoms with van der Waals surface area (Å²) in [5.74, 6) is -0.408. The van der Waals surface area contributed by atoms with Gasteiger partial charge in [0, 0.05) is 31.2 Å². The summed E-state index contributed by atoms with van der Waals surface area (Å²) in [6, 6.07) is 8.13. The Bertz CT molecular complexity index is 532. The number of carbonyl (C=O) groups excluding carboxylic acids is 1. The number of methoxy groups -OCH3 is 1. The van der Waals surface area contributed by atoms with E-state index < -0.39 is 5.97 Å². The van der Waals surface area contributed by atoms with E-state index in [9.17, 15) is 4.79 Å². The van der Waals surface area contributed by atoms with Gasteiger partial charge in [-0.3, -0.25) is 4.90 Å². The highest BCUT2D eigenvalue weighted by Crippen LogP contribution is 2.30. The molecule has 5 heteroatoms. The minimum atomic E-state index is -0.408. The zero-order valence-electron chi connectivity index (χ0n) is 11.6. The molecule has 5 nitrogen and oxygen atoms in total. The summed E-state index contributed by atoms with van der Waals surface area (Å²) < 4.78 is 4.81. The molecular formula is C15H19N3O2. The number of anilines is 1. The average molecular weight is 273 g/mol. The van der Waals surface area contributed by atoms with Gasteiger partial charge in [-0.2, -0.15) is 5.26 Å². The van der Waals surface area contributed by atoms with Crippen molar-refractivity contribution in [2.75, 3.05) is 19.4 Å². The Morgan fingerprint density at radius 2 is 2.30 bits per heavy atom. The number of nitrogens with two attached hydrogens (primary N) is 1. The number of carbonyl (C=O) groups is 1. The van der Waals surface area contributed by atoms with Crippen LogP contribution in [0.5, 0.6) is 0 Å². The first-order valence-electron chi connectivity index (χ1n) is 6.74. The Kier molecular flexibility index (Phi) is 4.59. The van der Waals surface area contributed by atoms with Gasteiger partial charge in [-0.15, -0.1) is 0 Å². The van der Waals surface area contributed by atoms with Crippen LogP contribution < -0.4 is 5.73 Å². The summed E-state index contributed by atoms with van der Waals surface area (Å²) in [6.07, 6.45) is 2.80. The minimum Gasteiger partial charge on any atom is -0.465 e. The van der Waals surface area contributed by atoms with Crippen molar-refractivity contribution in [2.24, 2.45) is 0 Å². The van der Waals surface area contributed by atoms with Crippen LogP contribution in [0.3, 0.4) is 0 Å². The number of esters is 1. The van der Waals surface area contributed by atoms with E-state index in [-0.39, 0.29) is 0 Å². The number of ether oxygens (including phenoxy) is 1. The van der Waals surface area contributed by atoms with Crippen molar-refractivity contribution in [2.45, 2.75) is 31.8 Å². The molecule has 0 unspecified atom stereocenters. The molecule has 0 heterocycles. The van der Waals surface area contributed by atoms with Gasteiger partial charge in [0.1, 0.15) is 0 Å². The van der Waals surface area contributed by atoms with Gasteiger partial charge < -0.3 is 10.5 Å². The van der Waals surface area contributed by atoms with Crippen molar-refractivity contribution in [1.82, 2.24) is 4.90 Å². The molecule has 2 rings (SSSR count). The SMILES string of the molecule is COC(=O)c1c(N)cccc1CN(CCC#N)C1CC1. The van der Waals surface area contributed by atoms with Crippen LogP contribution in [0.1, 0.15) is 35.2 Å². The second-order valence-electron chi connectivity index (χ2n) is 4.98. The Hall–Kier alpha value is -2.06. The maximum atomic E-state index is 11.9. The van der Waals surface area contributed by atoms with Crippen LogP contribution in [-0.2, 0) is 11.3 Å². The number of hydrogen-bond acceptors (Lipinski definition) is 5. The predicted molar refractivity (Wildman–Crippen MR) is 75.9 cm³/mol. The first kappa shape index (κ1) is 14.4. The van der Waals surface area contributed by atoms with Crippen molar-refractivity contribution < 1.29 is 9.53 Å². The first-order valence-corrected chi connectivity index (χ1v) is 6.74. The van der Waals surface area contributed by atoms with Gasteiger partial charge in [0.15, 0.2) is 0 Å². The molecule has 1 aromatic rings. The largest absolute Gasteiger partial charge is 0.465 e. The van der Waals surface area contributed by atoms with Crippen LogP contribution in [-0.4, -0.2) is 30.6 Å². The second-order valence-corrected chi connectivity index (χ2v) is 4.98. The number of benzene rings is 1. The summed E-state index contributed by atoms with van der Waals surface area (Å²) in [5.41, 5.74) is 7.63. The molecule has 0 amide bonds. The van der Waals surface area contributed by atoms with Crippen LogP contribution in [0.2, 0.25) is 0 Å². The van der Waals surface area contributed by atoms with Gasteiger partial charge in [-0.1, -0.05) is 12.1 Å². The molecule has 1 aliphatic carbocycles. The number of nitriles is 1. The molecule has 1 aromatic carbocycles. The lowest BCUT2D eigenvalue weighted by Gasteiger charge is -2.22. The van der Waals surface area contributed by atoms with Gasteiger partial charge in [0.2, 0.25) is 0 Å². The van der Waals surface area contributed by atoms with Gasteiger partial charge in [0.25, 0.3) is 0 Å². The van der Waals surface area contributed by atoms with Gasteiger partial charge in [0.05, 0.1) is 18.7 Å². The highest BCUT2D eigenvalue weighted by Gasteiger charge is 2.29. The fourth-order valence-corrected chi connectivity index (χ4v) is 2.35. The van der Waals surface area contributed by atoms with Crippen molar-refractivity contribution in [3.05, 3.63) is 29.3 Å². The van der Waals surface area contributed by atoms with Crippen LogP contribution in [0, 0.1) is 11.3 Å². The molecule has 0 spiro atoms. The lowest BCUT2D eigenvalue weighted by atomic mass is 10.0. The summed E-state index contributed by atoms with van der Waals surface area (Å²) >= 11 is 0. The Balaban J connectivity index is 2.21. The summed E-state index contributed by atoms with van der Waals surface area (Å²) in [7, 11) is 1.35. The smallest absolute Gasteiger partial charge is 0.340 e. The molecule has 20 heavy (non-hydrogen) atoms. The average Bonchev–Trinajstić information content (AvgIpc) is 3.27. The molecule has 106 valence electrons. The highest BCUT2D eigenvalue weighted by atomic mass is 16.5. The Morgan fingerprint density at radius 1 is 1.55 bits per heavy atom. The summed E-state index contributed by atoms with van der Waals surface area (Å²) in [6.45, 7) is 1.35. The van der Waals surface area contributed by atoms with Crippen molar-refractivity contribution >= 4 is 11.7 Å². The second kappa shape index (κ2) is 6.40. The quantitative estimate of drug-likeness (QED) is 0.633. The normalized spacial score (nSPS) is 14.1. The number of nitrogens with zero attached hydrogens (tertiary/aromatic N) is 2. The number of nitrogen functional groups attached to an aromatic ring is 1. The zero-order valence-corrected chi connectivity index (χ0v) is 11.6. The molecule has 2 N–H and O–H groups in total. The van der Waals surface area contributed by atoms with E-state index in [2.05, 4.69) is 11.0 Å². The van der Waals surface area contributed by atoms with Crippen LogP contribution in [0.4, 0.5) is 5.69 Å². The molecule has 0 atom stereocenters. The molecular weight excluding hydrogens is 254 g/mol. The zero-order chi connectivity index (χ0) is 14.5. The maximum Gasteiger partial charge on any atom is 0.340 e. The molecule has 0 bridgehead atoms. The Labute approximate surface area is 118 Å². The number of rotatable bonds is 6. The van der Waals surface area contributed by atoms with Gasteiger partial charge in [-0.05, 0) is 24.5 Å². The standard InChI is InChI=1S/C15H19N3O2/c1-20-15(19)14-11(4-2-5-13(14)17)10-18(9-3-8-16)12-6-7-12/h2,4-5,12H,3,6-7,9-10,17H2,1H3. The third kappa shape index (κ3) is 3.28.